The largest absolute Gasteiger partial charge is 0.310 e. The number of hydrogen-bond donors (Lipinski definition) is 0. The van der Waals surface area contributed by atoms with Crippen molar-refractivity contribution in [3.8, 4) is 11.1 Å². The minimum atomic E-state index is 1.06. The molecule has 0 radical (unpaired) electrons. The third kappa shape index (κ3) is 4.46. The van der Waals surface area contributed by atoms with Crippen LogP contribution in [-0.2, 0) is 0 Å². The van der Waals surface area contributed by atoms with Crippen LogP contribution in [0.5, 0.6) is 0 Å². The number of hydrogen-bond acceptors (Lipinski definition) is 1. The van der Waals surface area contributed by atoms with E-state index in [0.717, 1.165) is 34.4 Å². The van der Waals surface area contributed by atoms with Gasteiger partial charge in [0, 0.05) is 21.5 Å². The molecule has 0 spiro atoms. The van der Waals surface area contributed by atoms with Crippen LogP contribution in [0.4, 0.5) is 17.1 Å². The quantitative estimate of drug-likeness (QED) is 0.276. The standard InChI is InChI=1S/C30H24BrN/c31-27-12-7-13-30(22-27)32(28-18-14-25(15-19-28)23-8-3-1-4-9-23)29-20-16-26(17-21-29)24-10-5-2-6-11-24/h1,3-5,7-22H,2,6H2. The van der Waals surface area contributed by atoms with Gasteiger partial charge in [-0.3, -0.25) is 0 Å². The molecular formula is C30H24BrN. The maximum atomic E-state index is 3.64. The lowest BCUT2D eigenvalue weighted by atomic mass is 9.99. The normalized spacial score (nSPS) is 13.0. The fraction of sp³-hybridized carbons (Fsp3) is 0.0667. The molecule has 0 amide bonds. The second-order valence-corrected chi connectivity index (χ2v) is 8.83. The smallest absolute Gasteiger partial charge is 0.0472 e. The minimum absolute atomic E-state index is 1.06. The molecule has 1 aliphatic carbocycles. The molecule has 4 aromatic carbocycles. The van der Waals surface area contributed by atoms with Crippen molar-refractivity contribution in [1.29, 1.82) is 0 Å². The van der Waals surface area contributed by atoms with Gasteiger partial charge < -0.3 is 4.90 Å². The highest BCUT2D eigenvalue weighted by Gasteiger charge is 2.13. The van der Waals surface area contributed by atoms with E-state index in [1.54, 1.807) is 0 Å². The van der Waals surface area contributed by atoms with Crippen LogP contribution in [0.3, 0.4) is 0 Å². The van der Waals surface area contributed by atoms with Gasteiger partial charge in [-0.25, -0.2) is 0 Å². The predicted molar refractivity (Wildman–Crippen MR) is 141 cm³/mol. The first-order valence-corrected chi connectivity index (χ1v) is 11.8. The van der Waals surface area contributed by atoms with Crippen LogP contribution in [0.25, 0.3) is 16.7 Å². The number of nitrogens with zero attached hydrogens (tertiary/aromatic N) is 1. The van der Waals surface area contributed by atoms with Crippen molar-refractivity contribution in [1.82, 2.24) is 0 Å². The molecule has 0 unspecified atom stereocenters. The van der Waals surface area contributed by atoms with E-state index in [9.17, 15) is 0 Å². The summed E-state index contributed by atoms with van der Waals surface area (Å²) in [7, 11) is 0. The molecule has 0 aromatic heterocycles. The van der Waals surface area contributed by atoms with Gasteiger partial charge in [0.15, 0.2) is 0 Å². The maximum Gasteiger partial charge on any atom is 0.0472 e. The van der Waals surface area contributed by atoms with Gasteiger partial charge in [-0.15, -0.1) is 0 Å². The van der Waals surface area contributed by atoms with Crippen molar-refractivity contribution < 1.29 is 0 Å². The molecule has 0 heterocycles. The van der Waals surface area contributed by atoms with Crippen LogP contribution in [-0.4, -0.2) is 0 Å². The Balaban J connectivity index is 1.53. The Morgan fingerprint density at radius 1 is 0.562 bits per heavy atom. The molecule has 1 aliphatic rings. The first kappa shape index (κ1) is 20.5. The fourth-order valence-corrected chi connectivity index (χ4v) is 4.51. The van der Waals surface area contributed by atoms with Gasteiger partial charge in [0.2, 0.25) is 0 Å². The fourth-order valence-electron chi connectivity index (χ4n) is 4.13. The summed E-state index contributed by atoms with van der Waals surface area (Å²) in [5.41, 5.74) is 8.41. The molecule has 0 atom stereocenters. The molecule has 156 valence electrons. The molecule has 32 heavy (non-hydrogen) atoms. The van der Waals surface area contributed by atoms with E-state index < -0.39 is 0 Å². The summed E-state index contributed by atoms with van der Waals surface area (Å²) in [6.07, 6.45) is 9.06. The van der Waals surface area contributed by atoms with Gasteiger partial charge in [-0.05, 0) is 77.6 Å². The van der Waals surface area contributed by atoms with Crippen molar-refractivity contribution in [3.05, 3.63) is 131 Å². The van der Waals surface area contributed by atoms with Gasteiger partial charge in [0.25, 0.3) is 0 Å². The molecule has 0 N–H and O–H groups in total. The third-order valence-corrected chi connectivity index (χ3v) is 6.25. The van der Waals surface area contributed by atoms with Crippen molar-refractivity contribution in [2.24, 2.45) is 0 Å². The average Bonchev–Trinajstić information content (AvgIpc) is 2.86. The summed E-state index contributed by atoms with van der Waals surface area (Å²) in [6, 6.07) is 36.6. The molecular weight excluding hydrogens is 454 g/mol. The summed E-state index contributed by atoms with van der Waals surface area (Å²) in [4.78, 5) is 2.30. The molecule has 0 saturated carbocycles. The van der Waals surface area contributed by atoms with Gasteiger partial charge in [-0.1, -0.05) is 94.8 Å². The molecule has 0 aliphatic heterocycles. The Morgan fingerprint density at radius 3 is 1.84 bits per heavy atom. The third-order valence-electron chi connectivity index (χ3n) is 5.75. The average molecular weight is 478 g/mol. The van der Waals surface area contributed by atoms with Gasteiger partial charge in [-0.2, -0.15) is 0 Å². The lowest BCUT2D eigenvalue weighted by molar-refractivity contribution is 1.04. The summed E-state index contributed by atoms with van der Waals surface area (Å²) in [5.74, 6) is 0. The number of benzene rings is 4. The molecule has 0 saturated heterocycles. The van der Waals surface area contributed by atoms with E-state index >= 15 is 0 Å². The van der Waals surface area contributed by atoms with Crippen LogP contribution in [0.2, 0.25) is 0 Å². The number of halogens is 1. The first-order valence-electron chi connectivity index (χ1n) is 11.0. The second-order valence-electron chi connectivity index (χ2n) is 7.91. The highest BCUT2D eigenvalue weighted by molar-refractivity contribution is 9.10. The Kier molecular flexibility index (Phi) is 6.04. The lowest BCUT2D eigenvalue weighted by Gasteiger charge is -2.26. The van der Waals surface area contributed by atoms with Gasteiger partial charge in [0.05, 0.1) is 0 Å². The molecule has 4 aromatic rings. The van der Waals surface area contributed by atoms with Gasteiger partial charge in [0.1, 0.15) is 0 Å². The topological polar surface area (TPSA) is 3.24 Å². The summed E-state index contributed by atoms with van der Waals surface area (Å²) < 4.78 is 1.06. The van der Waals surface area contributed by atoms with Crippen molar-refractivity contribution in [2.45, 2.75) is 12.8 Å². The van der Waals surface area contributed by atoms with Crippen LogP contribution in [0.15, 0.2) is 126 Å². The van der Waals surface area contributed by atoms with E-state index in [-0.39, 0.29) is 0 Å². The zero-order valence-corrected chi connectivity index (χ0v) is 19.4. The summed E-state index contributed by atoms with van der Waals surface area (Å²) >= 11 is 3.64. The number of allylic oxidation sites excluding steroid dienone is 4. The van der Waals surface area contributed by atoms with E-state index in [2.05, 4.69) is 142 Å². The highest BCUT2D eigenvalue weighted by atomic mass is 79.9. The van der Waals surface area contributed by atoms with Crippen molar-refractivity contribution in [2.75, 3.05) is 4.90 Å². The zero-order valence-electron chi connectivity index (χ0n) is 17.8. The number of anilines is 3. The molecule has 0 fully saturated rings. The SMILES string of the molecule is Brc1cccc(N(c2ccc(C3=CCCC=C3)cc2)c2ccc(-c3ccccc3)cc2)c1. The molecule has 5 rings (SSSR count). The second kappa shape index (κ2) is 9.42. The van der Waals surface area contributed by atoms with Crippen LogP contribution >= 0.6 is 15.9 Å². The first-order chi connectivity index (χ1) is 15.8. The maximum absolute atomic E-state index is 3.64. The van der Waals surface area contributed by atoms with Crippen molar-refractivity contribution >= 4 is 38.6 Å². The van der Waals surface area contributed by atoms with Crippen LogP contribution in [0.1, 0.15) is 18.4 Å². The Hall–Kier alpha value is -3.36. The van der Waals surface area contributed by atoms with E-state index in [1.165, 1.54) is 22.3 Å². The number of rotatable bonds is 5. The Bertz CT molecular complexity index is 1250. The highest BCUT2D eigenvalue weighted by Crippen LogP contribution is 2.37. The Labute approximate surface area is 198 Å². The predicted octanol–water partition coefficient (Wildman–Crippen LogP) is 9.32. The van der Waals surface area contributed by atoms with Crippen LogP contribution in [0, 0.1) is 0 Å². The lowest BCUT2D eigenvalue weighted by Crippen LogP contribution is -2.10. The van der Waals surface area contributed by atoms with Crippen molar-refractivity contribution in [3.63, 3.8) is 0 Å². The molecule has 1 nitrogen and oxygen atoms in total. The summed E-state index contributed by atoms with van der Waals surface area (Å²) in [6.45, 7) is 0. The van der Waals surface area contributed by atoms with E-state index in [4.69, 9.17) is 0 Å². The van der Waals surface area contributed by atoms with E-state index in [0.29, 0.717) is 0 Å². The van der Waals surface area contributed by atoms with Gasteiger partial charge >= 0.3 is 0 Å². The zero-order chi connectivity index (χ0) is 21.8. The van der Waals surface area contributed by atoms with E-state index in [1.807, 2.05) is 0 Å². The van der Waals surface area contributed by atoms with Crippen LogP contribution < -0.4 is 4.90 Å². The minimum Gasteiger partial charge on any atom is -0.310 e. The summed E-state index contributed by atoms with van der Waals surface area (Å²) in [5, 5.41) is 0. The molecule has 2 heteroatoms. The monoisotopic (exact) mass is 477 g/mol. The Morgan fingerprint density at radius 2 is 1.22 bits per heavy atom. The molecule has 0 bridgehead atoms.